The molecule has 4 nitrogen and oxygen atoms in total. The summed E-state index contributed by atoms with van der Waals surface area (Å²) in [5, 5.41) is 11.8. The number of ether oxygens (including phenoxy) is 1. The van der Waals surface area contributed by atoms with Crippen molar-refractivity contribution in [2.24, 2.45) is 0 Å². The number of nitrogens with zero attached hydrogens (tertiary/aromatic N) is 3. The first-order valence-electron chi connectivity index (χ1n) is 6.58. The molecule has 20 heavy (non-hydrogen) atoms. The zero-order valence-corrected chi connectivity index (χ0v) is 11.8. The fourth-order valence-corrected chi connectivity index (χ4v) is 3.14. The Morgan fingerprint density at radius 2 is 2.25 bits per heavy atom. The van der Waals surface area contributed by atoms with Crippen molar-refractivity contribution >= 4 is 11.3 Å². The number of morpholine rings is 1. The van der Waals surface area contributed by atoms with Crippen LogP contribution < -0.4 is 0 Å². The number of nitriles is 1. The number of hydrogen-bond donors (Lipinski definition) is 0. The summed E-state index contributed by atoms with van der Waals surface area (Å²) in [7, 11) is 0. The van der Waals surface area contributed by atoms with Gasteiger partial charge >= 0.3 is 0 Å². The van der Waals surface area contributed by atoms with E-state index in [0.717, 1.165) is 29.4 Å². The average Bonchev–Trinajstić information content (AvgIpc) is 2.99. The maximum Gasteiger partial charge on any atom is 0.124 e. The summed E-state index contributed by atoms with van der Waals surface area (Å²) in [6, 6.07) is 12.3. The first-order chi connectivity index (χ1) is 9.86. The quantitative estimate of drug-likeness (QED) is 0.814. The molecule has 0 amide bonds. The lowest BCUT2D eigenvalue weighted by Crippen LogP contribution is -2.38. The molecule has 0 saturated carbocycles. The molecular formula is C15H15N3OS. The minimum atomic E-state index is -0.0143. The van der Waals surface area contributed by atoms with Gasteiger partial charge < -0.3 is 4.74 Å². The van der Waals surface area contributed by atoms with Gasteiger partial charge in [0.15, 0.2) is 0 Å². The van der Waals surface area contributed by atoms with Crippen LogP contribution in [-0.2, 0) is 4.74 Å². The second-order valence-electron chi connectivity index (χ2n) is 4.69. The van der Waals surface area contributed by atoms with E-state index in [4.69, 9.17) is 10.00 Å². The fraction of sp³-hybridized carbons (Fsp3) is 0.333. The molecule has 0 N–H and O–H groups in total. The minimum Gasteiger partial charge on any atom is -0.368 e. The van der Waals surface area contributed by atoms with Gasteiger partial charge in [-0.15, -0.1) is 11.3 Å². The van der Waals surface area contributed by atoms with E-state index >= 15 is 0 Å². The van der Waals surface area contributed by atoms with Gasteiger partial charge in [0.05, 0.1) is 24.9 Å². The second kappa shape index (κ2) is 6.14. The molecule has 1 atom stereocenters. The van der Waals surface area contributed by atoms with Gasteiger partial charge in [-0.05, 0) is 0 Å². The molecule has 0 aliphatic carbocycles. The average molecular weight is 285 g/mol. The van der Waals surface area contributed by atoms with E-state index in [1.54, 1.807) is 11.3 Å². The summed E-state index contributed by atoms with van der Waals surface area (Å²) >= 11 is 1.63. The van der Waals surface area contributed by atoms with Crippen LogP contribution in [0.3, 0.4) is 0 Å². The standard InChI is InChI=1S/C15H15N3OS/c16-6-7-18-8-9-19-14(10-18)15-17-13(11-20-15)12-4-2-1-3-5-12/h1-5,11,14H,7-10H2/t14-/m1/s1. The number of hydrogen-bond acceptors (Lipinski definition) is 5. The Morgan fingerprint density at radius 3 is 3.05 bits per heavy atom. The number of thiazole rings is 1. The molecule has 0 radical (unpaired) electrons. The third kappa shape index (κ3) is 2.88. The molecule has 1 aromatic carbocycles. The molecule has 0 spiro atoms. The van der Waals surface area contributed by atoms with E-state index in [0.29, 0.717) is 13.2 Å². The Balaban J connectivity index is 1.75. The minimum absolute atomic E-state index is 0.0143. The van der Waals surface area contributed by atoms with Gasteiger partial charge in [-0.1, -0.05) is 30.3 Å². The smallest absolute Gasteiger partial charge is 0.124 e. The summed E-state index contributed by atoms with van der Waals surface area (Å²) < 4.78 is 5.79. The maximum absolute atomic E-state index is 8.78. The van der Waals surface area contributed by atoms with Crippen LogP contribution in [0.2, 0.25) is 0 Å². The van der Waals surface area contributed by atoms with Gasteiger partial charge in [-0.25, -0.2) is 4.98 Å². The Hall–Kier alpha value is -1.74. The van der Waals surface area contributed by atoms with Crippen molar-refractivity contribution in [1.82, 2.24) is 9.88 Å². The third-order valence-corrected chi connectivity index (χ3v) is 4.25. The third-order valence-electron chi connectivity index (χ3n) is 3.31. The number of rotatable bonds is 3. The molecule has 1 fully saturated rings. The van der Waals surface area contributed by atoms with Crippen molar-refractivity contribution in [2.75, 3.05) is 26.2 Å². The molecule has 5 heteroatoms. The normalized spacial score (nSPS) is 19.6. The maximum atomic E-state index is 8.78. The van der Waals surface area contributed by atoms with Crippen LogP contribution in [0.4, 0.5) is 0 Å². The van der Waals surface area contributed by atoms with E-state index in [2.05, 4.69) is 33.5 Å². The van der Waals surface area contributed by atoms with Crippen molar-refractivity contribution in [1.29, 1.82) is 5.26 Å². The largest absolute Gasteiger partial charge is 0.368 e. The van der Waals surface area contributed by atoms with Gasteiger partial charge in [0, 0.05) is 24.0 Å². The highest BCUT2D eigenvalue weighted by molar-refractivity contribution is 7.10. The predicted molar refractivity (Wildman–Crippen MR) is 78.3 cm³/mol. The fourth-order valence-electron chi connectivity index (χ4n) is 2.27. The molecule has 1 aliphatic rings. The van der Waals surface area contributed by atoms with Gasteiger partial charge in [0.1, 0.15) is 11.1 Å². The summed E-state index contributed by atoms with van der Waals surface area (Å²) in [5.41, 5.74) is 2.12. The molecule has 2 heterocycles. The van der Waals surface area contributed by atoms with Gasteiger partial charge in [-0.3, -0.25) is 4.90 Å². The first-order valence-corrected chi connectivity index (χ1v) is 7.46. The van der Waals surface area contributed by atoms with Crippen molar-refractivity contribution in [3.8, 4) is 17.3 Å². The summed E-state index contributed by atoms with van der Waals surface area (Å²) in [4.78, 5) is 6.79. The van der Waals surface area contributed by atoms with E-state index < -0.39 is 0 Å². The first kappa shape index (κ1) is 13.3. The molecule has 0 unspecified atom stereocenters. The van der Waals surface area contributed by atoms with Gasteiger partial charge in [0.25, 0.3) is 0 Å². The number of benzene rings is 1. The topological polar surface area (TPSA) is 49.2 Å². The van der Waals surface area contributed by atoms with Gasteiger partial charge in [-0.2, -0.15) is 5.26 Å². The summed E-state index contributed by atoms with van der Waals surface area (Å²) in [5.74, 6) is 0. The summed E-state index contributed by atoms with van der Waals surface area (Å²) in [6.45, 7) is 2.68. The molecule has 102 valence electrons. The number of aromatic nitrogens is 1. The van der Waals surface area contributed by atoms with Crippen LogP contribution in [0.25, 0.3) is 11.3 Å². The molecule has 1 aliphatic heterocycles. The lowest BCUT2D eigenvalue weighted by Gasteiger charge is -2.29. The second-order valence-corrected chi connectivity index (χ2v) is 5.58. The molecule has 1 saturated heterocycles. The van der Waals surface area contributed by atoms with Crippen LogP contribution in [0.1, 0.15) is 11.1 Å². The van der Waals surface area contributed by atoms with Gasteiger partial charge in [0.2, 0.25) is 0 Å². The molecular weight excluding hydrogens is 270 g/mol. The van der Waals surface area contributed by atoms with Crippen LogP contribution in [-0.4, -0.2) is 36.1 Å². The Bertz CT molecular complexity index is 605. The van der Waals surface area contributed by atoms with E-state index in [-0.39, 0.29) is 6.10 Å². The predicted octanol–water partition coefficient (Wildman–Crippen LogP) is 2.71. The van der Waals surface area contributed by atoms with Crippen LogP contribution in [0.15, 0.2) is 35.7 Å². The van der Waals surface area contributed by atoms with E-state index in [1.165, 1.54) is 0 Å². The Kier molecular flexibility index (Phi) is 4.07. The lowest BCUT2D eigenvalue weighted by molar-refractivity contribution is -0.0255. The monoisotopic (exact) mass is 285 g/mol. The SMILES string of the molecule is N#CCN1CCO[C@@H](c2nc(-c3ccccc3)cs2)C1. The molecule has 2 aromatic rings. The Labute approximate surface area is 122 Å². The highest BCUT2D eigenvalue weighted by Crippen LogP contribution is 2.29. The summed E-state index contributed by atoms with van der Waals surface area (Å²) in [6.07, 6.45) is -0.0143. The van der Waals surface area contributed by atoms with E-state index in [9.17, 15) is 0 Å². The van der Waals surface area contributed by atoms with E-state index in [1.807, 2.05) is 18.2 Å². The van der Waals surface area contributed by atoms with Crippen molar-refractivity contribution in [2.45, 2.75) is 6.10 Å². The lowest BCUT2D eigenvalue weighted by atomic mass is 10.2. The molecule has 3 rings (SSSR count). The van der Waals surface area contributed by atoms with Crippen molar-refractivity contribution in [3.63, 3.8) is 0 Å². The van der Waals surface area contributed by atoms with Crippen LogP contribution >= 0.6 is 11.3 Å². The van der Waals surface area contributed by atoms with Crippen LogP contribution in [0, 0.1) is 11.3 Å². The van der Waals surface area contributed by atoms with Crippen molar-refractivity contribution in [3.05, 3.63) is 40.7 Å². The van der Waals surface area contributed by atoms with Crippen LogP contribution in [0.5, 0.6) is 0 Å². The highest BCUT2D eigenvalue weighted by Gasteiger charge is 2.24. The van der Waals surface area contributed by atoms with Crippen molar-refractivity contribution < 1.29 is 4.74 Å². The molecule has 1 aromatic heterocycles. The highest BCUT2D eigenvalue weighted by atomic mass is 32.1. The zero-order valence-electron chi connectivity index (χ0n) is 11.0. The Morgan fingerprint density at radius 1 is 1.40 bits per heavy atom. The zero-order chi connectivity index (χ0) is 13.8. The molecule has 0 bridgehead atoms.